The first kappa shape index (κ1) is 21.9. The molecule has 0 bridgehead atoms. The second kappa shape index (κ2) is 11.4. The van der Waals surface area contributed by atoms with Crippen LogP contribution in [0.5, 0.6) is 5.75 Å². The Morgan fingerprint density at radius 3 is 2.76 bits per heavy atom. The molecule has 162 valence electrons. The molecule has 0 aliphatic carbocycles. The van der Waals surface area contributed by atoms with Crippen LogP contribution in [0.4, 0.5) is 0 Å². The van der Waals surface area contributed by atoms with E-state index in [0.29, 0.717) is 18.8 Å². The highest BCUT2D eigenvalue weighted by atomic mass is 16.5. The molecule has 6 nitrogen and oxygen atoms in total. The van der Waals surface area contributed by atoms with Crippen LogP contribution in [0.3, 0.4) is 0 Å². The number of benzene rings is 1. The van der Waals surface area contributed by atoms with Gasteiger partial charge in [0, 0.05) is 26.2 Å². The number of aliphatic imine (C=N–C) groups is 1. The van der Waals surface area contributed by atoms with Crippen molar-refractivity contribution in [1.82, 2.24) is 10.2 Å². The fraction of sp³-hybridized carbons (Fsp3) is 0.696. The van der Waals surface area contributed by atoms with Crippen molar-refractivity contribution in [2.75, 3.05) is 39.4 Å². The first-order valence-electron chi connectivity index (χ1n) is 11.1. The molecule has 2 unspecified atom stereocenters. The number of para-hydroxylation sites is 1. The molecule has 0 aromatic heterocycles. The number of hydrogen-bond acceptors (Lipinski definition) is 4. The summed E-state index contributed by atoms with van der Waals surface area (Å²) in [6.45, 7) is 11.3. The van der Waals surface area contributed by atoms with Crippen molar-refractivity contribution in [1.29, 1.82) is 0 Å². The van der Waals surface area contributed by atoms with E-state index in [9.17, 15) is 0 Å². The predicted octanol–water partition coefficient (Wildman–Crippen LogP) is 3.39. The lowest BCUT2D eigenvalue weighted by molar-refractivity contribution is -0.0367. The highest BCUT2D eigenvalue weighted by molar-refractivity contribution is 5.80. The lowest BCUT2D eigenvalue weighted by atomic mass is 10.1. The summed E-state index contributed by atoms with van der Waals surface area (Å²) >= 11 is 0. The third-order valence-electron chi connectivity index (χ3n) is 5.54. The average Bonchev–Trinajstić information content (AvgIpc) is 3.25. The zero-order chi connectivity index (χ0) is 20.5. The highest BCUT2D eigenvalue weighted by Gasteiger charge is 2.24. The molecule has 6 heteroatoms. The number of hydrogen-bond donors (Lipinski definition) is 1. The lowest BCUT2D eigenvalue weighted by Gasteiger charge is -2.34. The maximum absolute atomic E-state index is 6.10. The second-order valence-electron chi connectivity index (χ2n) is 8.04. The van der Waals surface area contributed by atoms with E-state index in [4.69, 9.17) is 19.2 Å². The van der Waals surface area contributed by atoms with Gasteiger partial charge in [-0.2, -0.15) is 0 Å². The quantitative estimate of drug-likeness (QED) is 0.533. The second-order valence-corrected chi connectivity index (χ2v) is 8.04. The van der Waals surface area contributed by atoms with Gasteiger partial charge in [0.25, 0.3) is 0 Å². The SMILES string of the molecule is CCNC(=NCC(C)Oc1ccccc1C)N1CCC(OCC2CCCO2)CC1. The minimum Gasteiger partial charge on any atom is -0.489 e. The number of aryl methyl sites for hydroxylation is 1. The molecule has 2 fully saturated rings. The smallest absolute Gasteiger partial charge is 0.194 e. The molecule has 3 rings (SSSR count). The van der Waals surface area contributed by atoms with E-state index in [2.05, 4.69) is 37.1 Å². The van der Waals surface area contributed by atoms with E-state index in [-0.39, 0.29) is 6.10 Å². The molecule has 2 aliphatic rings. The number of piperidine rings is 1. The Hall–Kier alpha value is -1.79. The molecule has 0 amide bonds. The summed E-state index contributed by atoms with van der Waals surface area (Å²) in [5, 5.41) is 3.43. The van der Waals surface area contributed by atoms with Gasteiger partial charge in [-0.25, -0.2) is 4.99 Å². The van der Waals surface area contributed by atoms with Crippen molar-refractivity contribution >= 4 is 5.96 Å². The topological polar surface area (TPSA) is 55.3 Å². The molecule has 1 aromatic rings. The molecular weight excluding hydrogens is 366 g/mol. The van der Waals surface area contributed by atoms with Crippen molar-refractivity contribution < 1.29 is 14.2 Å². The van der Waals surface area contributed by atoms with Crippen LogP contribution in [0.2, 0.25) is 0 Å². The van der Waals surface area contributed by atoms with Crippen LogP contribution in [-0.2, 0) is 9.47 Å². The van der Waals surface area contributed by atoms with Crippen molar-refractivity contribution in [2.45, 2.75) is 64.8 Å². The van der Waals surface area contributed by atoms with E-state index < -0.39 is 0 Å². The number of guanidine groups is 1. The van der Waals surface area contributed by atoms with Crippen LogP contribution in [0.15, 0.2) is 29.3 Å². The Morgan fingerprint density at radius 2 is 2.07 bits per heavy atom. The predicted molar refractivity (Wildman–Crippen MR) is 117 cm³/mol. The zero-order valence-corrected chi connectivity index (χ0v) is 18.2. The number of likely N-dealkylation sites (tertiary alicyclic amines) is 1. The maximum Gasteiger partial charge on any atom is 0.194 e. The van der Waals surface area contributed by atoms with E-state index >= 15 is 0 Å². The standard InChI is InChI=1S/C23H37N3O3/c1-4-24-23(25-16-19(3)29-22-10-6-5-8-18(22)2)26-13-11-20(12-14-26)28-17-21-9-7-15-27-21/h5-6,8,10,19-21H,4,7,9,11-17H2,1-3H3,(H,24,25). The molecule has 1 aromatic carbocycles. The Balaban J connectivity index is 1.45. The van der Waals surface area contributed by atoms with E-state index in [1.165, 1.54) is 6.42 Å². The Morgan fingerprint density at radius 1 is 1.28 bits per heavy atom. The van der Waals surface area contributed by atoms with Gasteiger partial charge >= 0.3 is 0 Å². The fourth-order valence-electron chi connectivity index (χ4n) is 3.84. The van der Waals surface area contributed by atoms with Crippen molar-refractivity contribution in [3.05, 3.63) is 29.8 Å². The van der Waals surface area contributed by atoms with Gasteiger partial charge in [-0.05, 0) is 58.1 Å². The summed E-state index contributed by atoms with van der Waals surface area (Å²) in [6, 6.07) is 8.12. The third kappa shape index (κ3) is 6.89. The third-order valence-corrected chi connectivity index (χ3v) is 5.54. The first-order valence-corrected chi connectivity index (χ1v) is 11.1. The molecule has 29 heavy (non-hydrogen) atoms. The summed E-state index contributed by atoms with van der Waals surface area (Å²) < 4.78 is 17.8. The largest absolute Gasteiger partial charge is 0.489 e. The molecule has 0 spiro atoms. The Kier molecular flexibility index (Phi) is 8.62. The molecule has 0 saturated carbocycles. The highest BCUT2D eigenvalue weighted by Crippen LogP contribution is 2.19. The molecule has 2 heterocycles. The Bertz CT molecular complexity index is 638. The minimum atomic E-state index is 0.0250. The fourth-order valence-corrected chi connectivity index (χ4v) is 3.84. The zero-order valence-electron chi connectivity index (χ0n) is 18.2. The minimum absolute atomic E-state index is 0.0250. The van der Waals surface area contributed by atoms with Crippen molar-refractivity contribution in [3.63, 3.8) is 0 Å². The maximum atomic E-state index is 6.10. The van der Waals surface area contributed by atoms with Crippen LogP contribution in [0.1, 0.15) is 45.1 Å². The summed E-state index contributed by atoms with van der Waals surface area (Å²) in [7, 11) is 0. The normalized spacial score (nSPS) is 22.0. The number of nitrogens with zero attached hydrogens (tertiary/aromatic N) is 2. The number of nitrogens with one attached hydrogen (secondary N) is 1. The summed E-state index contributed by atoms with van der Waals surface area (Å²) in [6.07, 6.45) is 5.04. The Labute approximate surface area is 175 Å². The van der Waals surface area contributed by atoms with E-state index in [1.807, 2.05) is 18.2 Å². The molecule has 2 saturated heterocycles. The van der Waals surface area contributed by atoms with Crippen LogP contribution in [0.25, 0.3) is 0 Å². The van der Waals surface area contributed by atoms with Gasteiger partial charge in [-0.15, -0.1) is 0 Å². The lowest BCUT2D eigenvalue weighted by Crippen LogP contribution is -2.47. The molecule has 1 N–H and O–H groups in total. The van der Waals surface area contributed by atoms with Crippen LogP contribution >= 0.6 is 0 Å². The van der Waals surface area contributed by atoms with Gasteiger partial charge in [0.2, 0.25) is 0 Å². The summed E-state index contributed by atoms with van der Waals surface area (Å²) in [5.41, 5.74) is 1.15. The van der Waals surface area contributed by atoms with Gasteiger partial charge in [-0.1, -0.05) is 18.2 Å². The van der Waals surface area contributed by atoms with E-state index in [1.54, 1.807) is 0 Å². The molecule has 0 radical (unpaired) electrons. The average molecular weight is 404 g/mol. The molecular formula is C23H37N3O3. The number of rotatable bonds is 8. The van der Waals surface area contributed by atoms with Crippen LogP contribution in [-0.4, -0.2) is 68.6 Å². The molecule has 2 aliphatic heterocycles. The van der Waals surface area contributed by atoms with Gasteiger partial charge in [-0.3, -0.25) is 0 Å². The monoisotopic (exact) mass is 403 g/mol. The van der Waals surface area contributed by atoms with Gasteiger partial charge in [0.05, 0.1) is 25.4 Å². The van der Waals surface area contributed by atoms with Gasteiger partial charge in [0.1, 0.15) is 11.9 Å². The van der Waals surface area contributed by atoms with Gasteiger partial charge < -0.3 is 24.4 Å². The van der Waals surface area contributed by atoms with Crippen molar-refractivity contribution in [2.24, 2.45) is 4.99 Å². The number of ether oxygens (including phenoxy) is 3. The molecule has 2 atom stereocenters. The van der Waals surface area contributed by atoms with Crippen LogP contribution < -0.4 is 10.1 Å². The summed E-state index contributed by atoms with van der Waals surface area (Å²) in [4.78, 5) is 7.19. The van der Waals surface area contributed by atoms with Crippen LogP contribution in [0, 0.1) is 6.92 Å². The first-order chi connectivity index (χ1) is 14.2. The van der Waals surface area contributed by atoms with Crippen molar-refractivity contribution in [3.8, 4) is 5.75 Å². The van der Waals surface area contributed by atoms with Gasteiger partial charge in [0.15, 0.2) is 5.96 Å². The van der Waals surface area contributed by atoms with E-state index in [0.717, 1.165) is 69.4 Å². The summed E-state index contributed by atoms with van der Waals surface area (Å²) in [5.74, 6) is 1.91.